The molecule has 0 saturated carbocycles. The van der Waals surface area contributed by atoms with E-state index in [0.29, 0.717) is 10.8 Å². The molecule has 3 nitrogen and oxygen atoms in total. The average Bonchev–Trinajstić information content (AvgIpc) is 2.51. The molecule has 20 heavy (non-hydrogen) atoms. The highest BCUT2D eigenvalue weighted by Gasteiger charge is 2.20. The van der Waals surface area contributed by atoms with Crippen LogP contribution in [0, 0.1) is 6.92 Å². The van der Waals surface area contributed by atoms with E-state index in [1.54, 1.807) is 0 Å². The van der Waals surface area contributed by atoms with Crippen LogP contribution in [0.5, 0.6) is 0 Å². The Morgan fingerprint density at radius 3 is 2.75 bits per heavy atom. The van der Waals surface area contributed by atoms with Crippen molar-refractivity contribution in [3.63, 3.8) is 0 Å². The molecule has 1 aliphatic heterocycles. The fraction of sp³-hybridized carbons (Fsp3) is 0.333. The van der Waals surface area contributed by atoms with Crippen molar-refractivity contribution in [2.45, 2.75) is 12.2 Å². The molecular formula is C15H16N2OS2. The normalized spacial score (nSPS) is 18.9. The smallest absolute Gasteiger partial charge is 0.254 e. The minimum Gasteiger partial charge on any atom is -0.309 e. The molecule has 1 fully saturated rings. The summed E-state index contributed by atoms with van der Waals surface area (Å²) in [5.41, 5.74) is 2.48. The van der Waals surface area contributed by atoms with Gasteiger partial charge >= 0.3 is 0 Å². The molecule has 1 saturated heterocycles. The lowest BCUT2D eigenvalue weighted by Gasteiger charge is -2.20. The first kappa shape index (κ1) is 13.8. The Labute approximate surface area is 126 Å². The predicted molar refractivity (Wildman–Crippen MR) is 87.6 cm³/mol. The molecule has 0 amide bonds. The molecule has 1 aromatic heterocycles. The summed E-state index contributed by atoms with van der Waals surface area (Å²) < 4.78 is 0. The minimum absolute atomic E-state index is 0.0231. The van der Waals surface area contributed by atoms with E-state index in [9.17, 15) is 4.79 Å². The molecule has 104 valence electrons. The summed E-state index contributed by atoms with van der Waals surface area (Å²) in [5.74, 6) is 4.14. The lowest BCUT2D eigenvalue weighted by Crippen LogP contribution is -2.19. The third-order valence-corrected chi connectivity index (χ3v) is 6.10. The lowest BCUT2D eigenvalue weighted by atomic mass is 10.1. The Hall–Kier alpha value is -1.20. The molecule has 0 bridgehead atoms. The highest BCUT2D eigenvalue weighted by molar-refractivity contribution is 8.06. The number of nitrogens with one attached hydrogen (secondary N) is 1. The van der Waals surface area contributed by atoms with Crippen LogP contribution in [0.25, 0.3) is 11.3 Å². The Morgan fingerprint density at radius 2 is 2.05 bits per heavy atom. The molecule has 5 heteroatoms. The third-order valence-electron chi connectivity index (χ3n) is 3.34. The Bertz CT molecular complexity index is 649. The lowest BCUT2D eigenvalue weighted by molar-refractivity contribution is 0.899. The van der Waals surface area contributed by atoms with Crippen molar-refractivity contribution in [2.24, 2.45) is 0 Å². The number of H-pyrrole nitrogens is 1. The molecular weight excluding hydrogens is 288 g/mol. The number of rotatable bonds is 2. The highest BCUT2D eigenvalue weighted by Crippen LogP contribution is 2.35. The van der Waals surface area contributed by atoms with Crippen LogP contribution in [0.15, 0.2) is 35.1 Å². The summed E-state index contributed by atoms with van der Waals surface area (Å²) in [6.45, 7) is 1.83. The van der Waals surface area contributed by atoms with E-state index < -0.39 is 0 Å². The quantitative estimate of drug-likeness (QED) is 0.925. The van der Waals surface area contributed by atoms with Crippen molar-refractivity contribution in [3.8, 4) is 11.3 Å². The summed E-state index contributed by atoms with van der Waals surface area (Å²) >= 11 is 3.81. The van der Waals surface area contributed by atoms with Crippen LogP contribution in [-0.2, 0) is 0 Å². The van der Waals surface area contributed by atoms with Gasteiger partial charge < -0.3 is 4.98 Å². The van der Waals surface area contributed by atoms with E-state index in [-0.39, 0.29) is 5.56 Å². The number of aromatic nitrogens is 2. The topological polar surface area (TPSA) is 45.8 Å². The summed E-state index contributed by atoms with van der Waals surface area (Å²) in [4.78, 5) is 19.9. The van der Waals surface area contributed by atoms with Gasteiger partial charge in [-0.2, -0.15) is 11.8 Å². The van der Waals surface area contributed by atoms with Gasteiger partial charge in [0.15, 0.2) is 0 Å². The summed E-state index contributed by atoms with van der Waals surface area (Å²) in [5, 5.41) is 0.296. The van der Waals surface area contributed by atoms with Gasteiger partial charge in [-0.25, -0.2) is 4.98 Å². The molecule has 1 aliphatic rings. The monoisotopic (exact) mass is 304 g/mol. The number of hydrogen-bond donors (Lipinski definition) is 1. The van der Waals surface area contributed by atoms with Crippen LogP contribution in [-0.4, -0.2) is 27.2 Å². The van der Waals surface area contributed by atoms with Crippen LogP contribution >= 0.6 is 23.5 Å². The van der Waals surface area contributed by atoms with E-state index in [4.69, 9.17) is 4.98 Å². The van der Waals surface area contributed by atoms with Gasteiger partial charge in [-0.1, -0.05) is 30.3 Å². The van der Waals surface area contributed by atoms with E-state index in [2.05, 4.69) is 4.98 Å². The van der Waals surface area contributed by atoms with Gasteiger partial charge in [0.05, 0.1) is 10.9 Å². The summed E-state index contributed by atoms with van der Waals surface area (Å²) in [6.07, 6.45) is 0. The van der Waals surface area contributed by atoms with E-state index in [1.807, 2.05) is 60.8 Å². The van der Waals surface area contributed by atoms with Crippen molar-refractivity contribution in [2.75, 3.05) is 17.3 Å². The summed E-state index contributed by atoms with van der Waals surface area (Å²) in [6, 6.07) is 9.92. The second-order valence-electron chi connectivity index (χ2n) is 4.73. The molecule has 0 aliphatic carbocycles. The highest BCUT2D eigenvalue weighted by atomic mass is 32.2. The maximum Gasteiger partial charge on any atom is 0.254 e. The molecule has 1 N–H and O–H groups in total. The van der Waals surface area contributed by atoms with E-state index in [1.165, 1.54) is 5.75 Å². The zero-order chi connectivity index (χ0) is 13.9. The first-order valence-electron chi connectivity index (χ1n) is 6.61. The van der Waals surface area contributed by atoms with Crippen LogP contribution in [0.3, 0.4) is 0 Å². The van der Waals surface area contributed by atoms with Crippen LogP contribution < -0.4 is 5.56 Å². The molecule has 0 spiro atoms. The predicted octanol–water partition coefficient (Wildman–Crippen LogP) is 3.27. The molecule has 0 radical (unpaired) electrons. The SMILES string of the molecule is Cc1c(-c2ccccc2)nc(C2CSCCS2)[nH]c1=O. The number of aromatic amines is 1. The maximum atomic E-state index is 12.2. The average molecular weight is 304 g/mol. The molecule has 1 atom stereocenters. The van der Waals surface area contributed by atoms with Gasteiger partial charge in [-0.3, -0.25) is 4.79 Å². The van der Waals surface area contributed by atoms with Crippen molar-refractivity contribution in [1.29, 1.82) is 0 Å². The van der Waals surface area contributed by atoms with Gasteiger partial charge in [-0.15, -0.1) is 11.8 Å². The van der Waals surface area contributed by atoms with Crippen LogP contribution in [0.2, 0.25) is 0 Å². The largest absolute Gasteiger partial charge is 0.309 e. The third kappa shape index (κ3) is 2.79. The van der Waals surface area contributed by atoms with E-state index >= 15 is 0 Å². The Morgan fingerprint density at radius 1 is 1.25 bits per heavy atom. The molecule has 1 unspecified atom stereocenters. The van der Waals surface area contributed by atoms with Gasteiger partial charge in [0.25, 0.3) is 5.56 Å². The zero-order valence-corrected chi connectivity index (χ0v) is 12.9. The number of hydrogen-bond acceptors (Lipinski definition) is 4. The summed E-state index contributed by atoms with van der Waals surface area (Å²) in [7, 11) is 0. The molecule has 3 rings (SSSR count). The van der Waals surface area contributed by atoms with Gasteiger partial charge in [0, 0.05) is 28.4 Å². The molecule has 2 heterocycles. The first-order chi connectivity index (χ1) is 9.75. The van der Waals surface area contributed by atoms with Crippen molar-refractivity contribution >= 4 is 23.5 Å². The van der Waals surface area contributed by atoms with Gasteiger partial charge in [0.1, 0.15) is 5.82 Å². The number of benzene rings is 1. The number of thioether (sulfide) groups is 2. The zero-order valence-electron chi connectivity index (χ0n) is 11.3. The van der Waals surface area contributed by atoms with Crippen molar-refractivity contribution < 1.29 is 0 Å². The standard InChI is InChI=1S/C15H16N2OS2/c1-10-13(11-5-3-2-4-6-11)16-14(17-15(10)18)12-9-19-7-8-20-12/h2-6,12H,7-9H2,1H3,(H,16,17,18). The fourth-order valence-electron chi connectivity index (χ4n) is 2.23. The maximum absolute atomic E-state index is 12.2. The second-order valence-corrected chi connectivity index (χ2v) is 7.19. The van der Waals surface area contributed by atoms with Gasteiger partial charge in [0.2, 0.25) is 0 Å². The molecule has 1 aromatic carbocycles. The first-order valence-corrected chi connectivity index (χ1v) is 8.81. The fourth-order valence-corrected chi connectivity index (χ4v) is 4.85. The Kier molecular flexibility index (Phi) is 4.17. The Balaban J connectivity index is 2.06. The van der Waals surface area contributed by atoms with Crippen LogP contribution in [0.1, 0.15) is 16.6 Å². The number of nitrogens with zero attached hydrogens (tertiary/aromatic N) is 1. The van der Waals surface area contributed by atoms with Crippen molar-refractivity contribution in [3.05, 3.63) is 52.1 Å². The molecule has 2 aromatic rings. The minimum atomic E-state index is -0.0231. The second kappa shape index (κ2) is 6.06. The van der Waals surface area contributed by atoms with E-state index in [0.717, 1.165) is 28.6 Å². The van der Waals surface area contributed by atoms with Crippen LogP contribution in [0.4, 0.5) is 0 Å². The van der Waals surface area contributed by atoms with Gasteiger partial charge in [-0.05, 0) is 6.92 Å². The van der Waals surface area contributed by atoms with Crippen molar-refractivity contribution in [1.82, 2.24) is 9.97 Å².